The Morgan fingerprint density at radius 1 is 0.923 bits per heavy atom. The van der Waals surface area contributed by atoms with Crippen molar-refractivity contribution in [2.45, 2.75) is 12.8 Å². The van der Waals surface area contributed by atoms with Crippen molar-refractivity contribution in [1.82, 2.24) is 5.43 Å². The number of nitrogens with one attached hydrogen (secondary N) is 2. The van der Waals surface area contributed by atoms with Crippen LogP contribution in [0.4, 0.5) is 5.69 Å². The van der Waals surface area contributed by atoms with Crippen LogP contribution in [0.15, 0.2) is 41.5 Å². The molecular formula is C17H13Cl4N3O2. The molecule has 0 heterocycles. The van der Waals surface area contributed by atoms with Crippen LogP contribution >= 0.6 is 46.4 Å². The third kappa shape index (κ3) is 6.18. The monoisotopic (exact) mass is 431 g/mol. The molecule has 0 bridgehead atoms. The van der Waals surface area contributed by atoms with E-state index in [9.17, 15) is 9.59 Å². The standard InChI is InChI=1S/C17H13Cl4N3O2/c18-10-4-5-15(14(21)8-10)23-16(25)6-7-17(26)24-22-9-11-12(19)2-1-3-13(11)20/h1-5,8-9H,6-7H2,(H,23,25)(H,24,26)/b22-9+. The zero-order valence-electron chi connectivity index (χ0n) is 13.2. The van der Waals surface area contributed by atoms with E-state index in [4.69, 9.17) is 46.4 Å². The van der Waals surface area contributed by atoms with E-state index in [1.54, 1.807) is 30.3 Å². The average Bonchev–Trinajstić information content (AvgIpc) is 2.58. The van der Waals surface area contributed by atoms with Crippen molar-refractivity contribution in [2.24, 2.45) is 5.10 Å². The number of carbonyl (C=O) groups is 2. The van der Waals surface area contributed by atoms with Gasteiger partial charge in [0.1, 0.15) is 0 Å². The smallest absolute Gasteiger partial charge is 0.240 e. The van der Waals surface area contributed by atoms with E-state index in [-0.39, 0.29) is 18.7 Å². The Morgan fingerprint density at radius 3 is 2.23 bits per heavy atom. The maximum Gasteiger partial charge on any atom is 0.240 e. The predicted molar refractivity (Wildman–Crippen MR) is 107 cm³/mol. The third-order valence-corrected chi connectivity index (χ3v) is 4.37. The number of hydrogen-bond donors (Lipinski definition) is 2. The summed E-state index contributed by atoms with van der Waals surface area (Å²) in [5.74, 6) is -0.788. The molecule has 0 unspecified atom stereocenters. The van der Waals surface area contributed by atoms with Crippen LogP contribution in [-0.4, -0.2) is 18.0 Å². The second kappa shape index (κ2) is 9.78. The molecule has 2 N–H and O–H groups in total. The van der Waals surface area contributed by atoms with E-state index in [0.29, 0.717) is 31.3 Å². The summed E-state index contributed by atoms with van der Waals surface area (Å²) in [4.78, 5) is 23.6. The molecule has 0 saturated carbocycles. The molecule has 5 nitrogen and oxygen atoms in total. The summed E-state index contributed by atoms with van der Waals surface area (Å²) >= 11 is 23.7. The Bertz CT molecular complexity index is 836. The van der Waals surface area contributed by atoms with Crippen molar-refractivity contribution in [1.29, 1.82) is 0 Å². The largest absolute Gasteiger partial charge is 0.325 e. The van der Waals surface area contributed by atoms with Crippen molar-refractivity contribution < 1.29 is 9.59 Å². The van der Waals surface area contributed by atoms with Gasteiger partial charge in [-0.05, 0) is 30.3 Å². The Hall–Kier alpha value is -1.79. The minimum atomic E-state index is -0.429. The van der Waals surface area contributed by atoms with Gasteiger partial charge in [0, 0.05) is 23.4 Å². The molecule has 0 atom stereocenters. The molecule has 0 aromatic heterocycles. The lowest BCUT2D eigenvalue weighted by atomic mass is 10.2. The van der Waals surface area contributed by atoms with Gasteiger partial charge in [0.25, 0.3) is 0 Å². The molecule has 2 amide bonds. The van der Waals surface area contributed by atoms with E-state index < -0.39 is 5.91 Å². The highest BCUT2D eigenvalue weighted by molar-refractivity contribution is 6.38. The number of halogens is 4. The van der Waals surface area contributed by atoms with Crippen molar-refractivity contribution in [3.63, 3.8) is 0 Å². The van der Waals surface area contributed by atoms with Crippen LogP contribution in [0.25, 0.3) is 0 Å². The summed E-state index contributed by atoms with van der Waals surface area (Å²) in [6.07, 6.45) is 1.26. The van der Waals surface area contributed by atoms with Crippen molar-refractivity contribution in [3.05, 3.63) is 62.1 Å². The summed E-state index contributed by atoms with van der Waals surface area (Å²) in [5.41, 5.74) is 3.23. The van der Waals surface area contributed by atoms with Crippen LogP contribution in [0.2, 0.25) is 20.1 Å². The molecular weight excluding hydrogens is 420 g/mol. The second-order valence-electron chi connectivity index (χ2n) is 5.10. The lowest BCUT2D eigenvalue weighted by Crippen LogP contribution is -2.20. The first-order chi connectivity index (χ1) is 12.4. The molecule has 2 aromatic carbocycles. The second-order valence-corrected chi connectivity index (χ2v) is 6.76. The van der Waals surface area contributed by atoms with Gasteiger partial charge in [0.2, 0.25) is 11.8 Å². The van der Waals surface area contributed by atoms with E-state index in [0.717, 1.165) is 0 Å². The number of hydrogen-bond acceptors (Lipinski definition) is 3. The van der Waals surface area contributed by atoms with Crippen LogP contribution < -0.4 is 10.7 Å². The first kappa shape index (κ1) is 20.5. The Balaban J connectivity index is 1.81. The van der Waals surface area contributed by atoms with Gasteiger partial charge in [-0.3, -0.25) is 9.59 Å². The molecule has 2 aromatic rings. The Labute approximate surface area is 170 Å². The van der Waals surface area contributed by atoms with Gasteiger partial charge < -0.3 is 5.32 Å². The Morgan fingerprint density at radius 2 is 1.58 bits per heavy atom. The lowest BCUT2D eigenvalue weighted by Gasteiger charge is -2.07. The minimum Gasteiger partial charge on any atom is -0.325 e. The van der Waals surface area contributed by atoms with Crippen LogP contribution in [0, 0.1) is 0 Å². The number of rotatable bonds is 6. The van der Waals surface area contributed by atoms with E-state index in [1.807, 2.05) is 0 Å². The zero-order chi connectivity index (χ0) is 19.1. The summed E-state index contributed by atoms with van der Waals surface area (Å²) in [5, 5.41) is 8.00. The third-order valence-electron chi connectivity index (χ3n) is 3.17. The van der Waals surface area contributed by atoms with Crippen molar-refractivity contribution >= 4 is 70.1 Å². The first-order valence-electron chi connectivity index (χ1n) is 7.37. The normalized spacial score (nSPS) is 10.8. The van der Waals surface area contributed by atoms with Crippen LogP contribution in [-0.2, 0) is 9.59 Å². The van der Waals surface area contributed by atoms with E-state index in [1.165, 1.54) is 12.3 Å². The predicted octanol–water partition coefficient (Wildman–Crippen LogP) is 5.17. The number of anilines is 1. The topological polar surface area (TPSA) is 70.6 Å². The molecule has 0 aliphatic heterocycles. The molecule has 0 spiro atoms. The highest BCUT2D eigenvalue weighted by atomic mass is 35.5. The molecule has 0 aliphatic carbocycles. The molecule has 0 radical (unpaired) electrons. The molecule has 2 rings (SSSR count). The number of benzene rings is 2. The van der Waals surface area contributed by atoms with Crippen LogP contribution in [0.1, 0.15) is 18.4 Å². The minimum absolute atomic E-state index is 0.0346. The van der Waals surface area contributed by atoms with Crippen LogP contribution in [0.3, 0.4) is 0 Å². The average molecular weight is 433 g/mol. The van der Waals surface area contributed by atoms with Gasteiger partial charge in [-0.25, -0.2) is 5.43 Å². The molecule has 26 heavy (non-hydrogen) atoms. The van der Waals surface area contributed by atoms with Gasteiger partial charge in [-0.15, -0.1) is 0 Å². The number of carbonyl (C=O) groups excluding carboxylic acids is 2. The maximum atomic E-state index is 11.9. The fraction of sp³-hybridized carbons (Fsp3) is 0.118. The number of nitrogens with zero attached hydrogens (tertiary/aromatic N) is 1. The zero-order valence-corrected chi connectivity index (χ0v) is 16.3. The molecule has 0 aliphatic rings. The Kier molecular flexibility index (Phi) is 7.72. The number of amides is 2. The highest BCUT2D eigenvalue weighted by Crippen LogP contribution is 2.25. The molecule has 136 valence electrons. The SMILES string of the molecule is O=C(CCC(=O)Nc1ccc(Cl)cc1Cl)N/N=C/c1c(Cl)cccc1Cl. The maximum absolute atomic E-state index is 11.9. The van der Waals surface area contributed by atoms with Gasteiger partial charge in [0.05, 0.1) is 27.0 Å². The van der Waals surface area contributed by atoms with Gasteiger partial charge in [-0.2, -0.15) is 5.10 Å². The summed E-state index contributed by atoms with van der Waals surface area (Å²) in [6, 6.07) is 9.71. The quantitative estimate of drug-likeness (QED) is 0.488. The summed E-state index contributed by atoms with van der Waals surface area (Å²) < 4.78 is 0. The molecule has 0 fully saturated rings. The fourth-order valence-electron chi connectivity index (χ4n) is 1.89. The van der Waals surface area contributed by atoms with Crippen molar-refractivity contribution in [3.8, 4) is 0 Å². The summed E-state index contributed by atoms with van der Waals surface area (Å²) in [6.45, 7) is 0. The van der Waals surface area contributed by atoms with Gasteiger partial charge in [0.15, 0.2) is 0 Å². The van der Waals surface area contributed by atoms with Crippen molar-refractivity contribution in [2.75, 3.05) is 5.32 Å². The van der Waals surface area contributed by atoms with Gasteiger partial charge in [-0.1, -0.05) is 52.5 Å². The van der Waals surface area contributed by atoms with E-state index >= 15 is 0 Å². The lowest BCUT2D eigenvalue weighted by molar-refractivity contribution is -0.124. The molecule has 0 saturated heterocycles. The fourth-order valence-corrected chi connectivity index (χ4v) is 2.84. The van der Waals surface area contributed by atoms with Gasteiger partial charge >= 0.3 is 0 Å². The summed E-state index contributed by atoms with van der Waals surface area (Å²) in [7, 11) is 0. The highest BCUT2D eigenvalue weighted by Gasteiger charge is 2.09. The molecule has 9 heteroatoms. The number of hydrazone groups is 1. The van der Waals surface area contributed by atoms with E-state index in [2.05, 4.69) is 15.8 Å². The first-order valence-corrected chi connectivity index (χ1v) is 8.89. The van der Waals surface area contributed by atoms with Crippen LogP contribution in [0.5, 0.6) is 0 Å².